The molecule has 15 unspecified atom stereocenters. The lowest BCUT2D eigenvalue weighted by atomic mass is 9.96. The molecule has 11 N–H and O–H groups in total. The highest BCUT2D eigenvalue weighted by atomic mass is 16.7. The molecule has 19 heteroatoms. The van der Waals surface area contributed by atoms with Gasteiger partial charge in [0.25, 0.3) is 0 Å². The predicted octanol–water partition coefficient (Wildman–Crippen LogP) is -6.22. The monoisotopic (exact) mass is 700 g/mol. The second-order valence-corrected chi connectivity index (χ2v) is 12.0. The molecule has 48 heavy (non-hydrogen) atoms. The fourth-order valence-corrected chi connectivity index (χ4v) is 5.48. The van der Waals surface area contributed by atoms with Gasteiger partial charge in [0, 0.05) is 13.0 Å². The Kier molecular flexibility index (Phi) is 16.7. The van der Waals surface area contributed by atoms with Gasteiger partial charge in [0.2, 0.25) is 5.91 Å². The second kappa shape index (κ2) is 19.7. The average Bonchev–Trinajstić information content (AvgIpc) is 3.06. The Hall–Kier alpha value is -1.63. The van der Waals surface area contributed by atoms with Crippen LogP contribution in [0.25, 0.3) is 0 Å². The van der Waals surface area contributed by atoms with Crippen molar-refractivity contribution in [3.63, 3.8) is 0 Å². The largest absolute Gasteiger partial charge is 0.876 e. The number of ether oxygens (including phenoxy) is 6. The van der Waals surface area contributed by atoms with E-state index in [-0.39, 0.29) is 31.2 Å². The van der Waals surface area contributed by atoms with Crippen LogP contribution in [0.3, 0.4) is 0 Å². The van der Waals surface area contributed by atoms with E-state index < -0.39 is 112 Å². The first-order valence-electron chi connectivity index (χ1n) is 15.9. The van der Waals surface area contributed by atoms with E-state index in [2.05, 4.69) is 11.9 Å². The summed E-state index contributed by atoms with van der Waals surface area (Å²) >= 11 is 0. The van der Waals surface area contributed by atoms with Gasteiger partial charge in [-0.3, -0.25) is 4.79 Å². The molecule has 0 aliphatic carbocycles. The van der Waals surface area contributed by atoms with Crippen LogP contribution < -0.4 is 10.4 Å². The molecule has 19 nitrogen and oxygen atoms in total. The van der Waals surface area contributed by atoms with Gasteiger partial charge in [-0.05, 0) is 12.8 Å². The minimum atomic E-state index is -1.88. The molecular formula is C29H50NO18-. The van der Waals surface area contributed by atoms with Gasteiger partial charge in [0.05, 0.1) is 26.4 Å². The molecule has 0 aromatic rings. The number of hydrogen-bond donors (Lipinski definition) is 11. The van der Waals surface area contributed by atoms with Crippen LogP contribution in [0, 0.1) is 0 Å². The Morgan fingerprint density at radius 3 is 1.75 bits per heavy atom. The van der Waals surface area contributed by atoms with Crippen molar-refractivity contribution in [1.29, 1.82) is 0 Å². The fraction of sp³-hybridized carbons (Fsp3) is 0.897. The Morgan fingerprint density at radius 1 is 0.646 bits per heavy atom. The third-order valence-corrected chi connectivity index (χ3v) is 8.37. The molecule has 3 aliphatic heterocycles. The molecular weight excluding hydrogens is 650 g/mol. The maximum Gasteiger partial charge on any atom is 0.220 e. The molecule has 0 saturated carbocycles. The molecule has 1 amide bonds. The van der Waals surface area contributed by atoms with E-state index in [1.807, 2.05) is 0 Å². The molecule has 0 spiro atoms. The zero-order valence-electron chi connectivity index (χ0n) is 26.4. The van der Waals surface area contributed by atoms with Crippen molar-refractivity contribution in [3.8, 4) is 0 Å². The van der Waals surface area contributed by atoms with Crippen molar-refractivity contribution < 1.29 is 89.4 Å². The summed E-state index contributed by atoms with van der Waals surface area (Å²) in [7, 11) is 0. The molecule has 3 fully saturated rings. The van der Waals surface area contributed by atoms with Gasteiger partial charge in [-0.25, -0.2) is 0 Å². The van der Waals surface area contributed by atoms with E-state index in [0.29, 0.717) is 19.3 Å². The summed E-state index contributed by atoms with van der Waals surface area (Å²) in [5, 5.41) is 116. The minimum absolute atomic E-state index is 0.00571. The van der Waals surface area contributed by atoms with E-state index in [1.54, 1.807) is 0 Å². The zero-order chi connectivity index (χ0) is 35.5. The highest BCUT2D eigenvalue weighted by Crippen LogP contribution is 2.31. The van der Waals surface area contributed by atoms with Crippen molar-refractivity contribution in [2.75, 3.05) is 33.0 Å². The number of rotatable bonds is 18. The van der Waals surface area contributed by atoms with Gasteiger partial charge < -0.3 is 89.9 Å². The van der Waals surface area contributed by atoms with Crippen LogP contribution >= 0.6 is 0 Å². The number of aliphatic hydroxyl groups is 10. The molecule has 0 aromatic carbocycles. The molecule has 0 aromatic heterocycles. The predicted molar refractivity (Wildman–Crippen MR) is 155 cm³/mol. The van der Waals surface area contributed by atoms with Crippen LogP contribution in [-0.4, -0.2) is 182 Å². The van der Waals surface area contributed by atoms with Crippen molar-refractivity contribution >= 4 is 5.91 Å². The molecule has 0 bridgehead atoms. The maximum absolute atomic E-state index is 12.2. The van der Waals surface area contributed by atoms with Gasteiger partial charge in [-0.15, -0.1) is 12.3 Å². The molecule has 3 rings (SSSR count). The lowest BCUT2D eigenvalue weighted by molar-refractivity contribution is -0.366. The molecule has 3 saturated heterocycles. The molecule has 3 aliphatic rings. The summed E-state index contributed by atoms with van der Waals surface area (Å²) in [6.45, 7) is 1.02. The third kappa shape index (κ3) is 10.9. The normalized spacial score (nSPS) is 40.4. The number of carbonyl (C=O) groups excluding carboxylic acids is 1. The molecule has 0 radical (unpaired) electrons. The number of allylic oxidation sites excluding steroid dienone is 1. The standard InChI is InChI=1S/C29H51NO18/c1-13(33)6-4-2-3-5-7-17(34)30-8-9-43-28-25(42)26(48-29-24(41)22(39)19(36)15(11-32)46-29)20(37)16(47-28)12-44-27-23(40)21(38)18(35)14(10-31)45-27/h14-16,18-29,31-33,35-42H,1-12H2,(H,30,34)/p-1. The Labute approximate surface area is 276 Å². The Morgan fingerprint density at radius 2 is 1.17 bits per heavy atom. The highest BCUT2D eigenvalue weighted by molar-refractivity contribution is 5.75. The fourth-order valence-electron chi connectivity index (χ4n) is 5.48. The summed E-state index contributed by atoms with van der Waals surface area (Å²) in [5.41, 5.74) is 0. The maximum atomic E-state index is 12.2. The van der Waals surface area contributed by atoms with E-state index in [9.17, 15) is 61.0 Å². The van der Waals surface area contributed by atoms with Crippen LogP contribution in [0.4, 0.5) is 0 Å². The summed E-state index contributed by atoms with van der Waals surface area (Å²) in [6, 6.07) is 0. The first-order chi connectivity index (χ1) is 22.8. The van der Waals surface area contributed by atoms with Crippen molar-refractivity contribution in [2.45, 2.75) is 131 Å². The summed E-state index contributed by atoms with van der Waals surface area (Å²) < 4.78 is 33.1. The summed E-state index contributed by atoms with van der Waals surface area (Å²) in [5.74, 6) is -0.393. The lowest BCUT2D eigenvalue weighted by Gasteiger charge is -2.46. The number of aliphatic hydroxyl groups excluding tert-OH is 10. The van der Waals surface area contributed by atoms with Crippen LogP contribution in [0.5, 0.6) is 0 Å². The average molecular weight is 701 g/mol. The van der Waals surface area contributed by atoms with Gasteiger partial charge in [0.1, 0.15) is 73.2 Å². The topological polar surface area (TPSA) is 310 Å². The first kappa shape index (κ1) is 40.8. The quantitative estimate of drug-likeness (QED) is 0.0468. The van der Waals surface area contributed by atoms with Crippen molar-refractivity contribution in [1.82, 2.24) is 5.32 Å². The van der Waals surface area contributed by atoms with E-state index in [0.717, 1.165) is 12.8 Å². The second-order valence-electron chi connectivity index (χ2n) is 12.0. The third-order valence-electron chi connectivity index (χ3n) is 8.37. The Balaban J connectivity index is 1.62. The first-order valence-corrected chi connectivity index (χ1v) is 15.9. The van der Waals surface area contributed by atoms with E-state index >= 15 is 0 Å². The van der Waals surface area contributed by atoms with Crippen LogP contribution in [0.1, 0.15) is 38.5 Å². The molecule has 3 heterocycles. The van der Waals surface area contributed by atoms with Crippen LogP contribution in [0.15, 0.2) is 12.3 Å². The molecule has 280 valence electrons. The number of hydrogen-bond acceptors (Lipinski definition) is 18. The number of amides is 1. The van der Waals surface area contributed by atoms with Crippen molar-refractivity contribution in [3.05, 3.63) is 12.3 Å². The van der Waals surface area contributed by atoms with Crippen LogP contribution in [-0.2, 0) is 33.2 Å². The van der Waals surface area contributed by atoms with Gasteiger partial charge in [0.15, 0.2) is 18.9 Å². The zero-order valence-corrected chi connectivity index (χ0v) is 26.4. The number of unbranched alkanes of at least 4 members (excludes halogenated alkanes) is 3. The number of carbonyl (C=O) groups is 1. The van der Waals surface area contributed by atoms with Crippen LogP contribution in [0.2, 0.25) is 0 Å². The van der Waals surface area contributed by atoms with Gasteiger partial charge >= 0.3 is 0 Å². The van der Waals surface area contributed by atoms with Gasteiger partial charge in [-0.2, -0.15) is 0 Å². The van der Waals surface area contributed by atoms with Gasteiger partial charge in [-0.1, -0.05) is 19.3 Å². The summed E-state index contributed by atoms with van der Waals surface area (Å²) in [6.07, 6.45) is -21.3. The number of nitrogens with one attached hydrogen (secondary N) is 1. The smallest absolute Gasteiger partial charge is 0.220 e. The Bertz CT molecular complexity index is 974. The van der Waals surface area contributed by atoms with Crippen molar-refractivity contribution in [2.24, 2.45) is 0 Å². The minimum Gasteiger partial charge on any atom is -0.876 e. The SMILES string of the molecule is C=C([O-])CCCCCCC(=O)NCCOC1OC(COC2OC(CO)C(O)C(O)C2O)C(O)C(OC2OC(CO)C(O)C(O)C2O)C1O. The lowest BCUT2D eigenvalue weighted by Crippen LogP contribution is -2.65. The highest BCUT2D eigenvalue weighted by Gasteiger charge is 2.52. The van der Waals surface area contributed by atoms with E-state index in [1.165, 1.54) is 0 Å². The summed E-state index contributed by atoms with van der Waals surface area (Å²) in [4.78, 5) is 12.2. The van der Waals surface area contributed by atoms with E-state index in [4.69, 9.17) is 28.4 Å². The molecule has 15 atom stereocenters.